The van der Waals surface area contributed by atoms with Crippen molar-refractivity contribution in [2.45, 2.75) is 24.9 Å². The molecule has 1 N–H and O–H groups in total. The summed E-state index contributed by atoms with van der Waals surface area (Å²) in [6, 6.07) is 11.5. The molecular formula is C24H17F3N4O5S. The van der Waals surface area contributed by atoms with Gasteiger partial charge in [0.2, 0.25) is 5.91 Å². The molecule has 9 nitrogen and oxygen atoms in total. The SMILES string of the molecule is CC1=C(c2c(S(=O)(=O)O)cnn2-c2ccc(C#N)cc2)C(=O)C(C)C(=O)N1c1cccc(C(F)(F)F)c1. The maximum Gasteiger partial charge on any atom is 0.416 e. The predicted molar refractivity (Wildman–Crippen MR) is 124 cm³/mol. The first-order chi connectivity index (χ1) is 17.3. The molecule has 1 aliphatic rings. The number of benzene rings is 2. The first-order valence-corrected chi connectivity index (χ1v) is 12.0. The molecule has 1 aromatic heterocycles. The summed E-state index contributed by atoms with van der Waals surface area (Å²) in [5, 5.41) is 13.1. The molecule has 1 aliphatic heterocycles. The average Bonchev–Trinajstić information content (AvgIpc) is 3.28. The number of hydrogen-bond acceptors (Lipinski definition) is 6. The molecule has 37 heavy (non-hydrogen) atoms. The molecule has 1 amide bonds. The Balaban J connectivity index is 2.02. The monoisotopic (exact) mass is 530 g/mol. The third-order valence-corrected chi connectivity index (χ3v) is 6.71. The minimum atomic E-state index is -4.94. The lowest BCUT2D eigenvalue weighted by Crippen LogP contribution is -2.43. The minimum Gasteiger partial charge on any atom is -0.293 e. The van der Waals surface area contributed by atoms with Crippen LogP contribution in [0.5, 0.6) is 0 Å². The number of hydrogen-bond donors (Lipinski definition) is 1. The molecular weight excluding hydrogens is 513 g/mol. The molecule has 0 bridgehead atoms. The van der Waals surface area contributed by atoms with E-state index in [9.17, 15) is 35.7 Å². The van der Waals surface area contributed by atoms with Crippen molar-refractivity contribution in [3.8, 4) is 11.8 Å². The van der Waals surface area contributed by atoms with E-state index in [-0.39, 0.29) is 33.9 Å². The van der Waals surface area contributed by atoms with Crippen molar-refractivity contribution in [3.05, 3.63) is 77.2 Å². The van der Waals surface area contributed by atoms with Crippen LogP contribution in [0, 0.1) is 17.2 Å². The van der Waals surface area contributed by atoms with Crippen LogP contribution >= 0.6 is 0 Å². The van der Waals surface area contributed by atoms with E-state index in [0.717, 1.165) is 34.0 Å². The van der Waals surface area contributed by atoms with E-state index < -0.39 is 44.4 Å². The highest BCUT2D eigenvalue weighted by Crippen LogP contribution is 2.39. The molecule has 0 aliphatic carbocycles. The van der Waals surface area contributed by atoms with Crippen LogP contribution in [0.15, 0.2) is 65.3 Å². The highest BCUT2D eigenvalue weighted by molar-refractivity contribution is 7.86. The Morgan fingerprint density at radius 3 is 2.30 bits per heavy atom. The largest absolute Gasteiger partial charge is 0.416 e. The van der Waals surface area contributed by atoms with Crippen molar-refractivity contribution in [1.82, 2.24) is 9.78 Å². The number of aromatic nitrogens is 2. The lowest BCUT2D eigenvalue weighted by atomic mass is 9.89. The number of rotatable bonds is 4. The van der Waals surface area contributed by atoms with Crippen LogP contribution in [-0.4, -0.2) is 34.4 Å². The number of nitriles is 1. The van der Waals surface area contributed by atoms with Gasteiger partial charge in [0.05, 0.1) is 40.6 Å². The third-order valence-electron chi connectivity index (χ3n) is 5.85. The van der Waals surface area contributed by atoms with Crippen LogP contribution < -0.4 is 4.90 Å². The topological polar surface area (TPSA) is 133 Å². The first-order valence-electron chi connectivity index (χ1n) is 10.6. The minimum absolute atomic E-state index is 0.160. The number of halogens is 3. The molecule has 1 unspecified atom stereocenters. The van der Waals surface area contributed by atoms with Crippen LogP contribution in [0.4, 0.5) is 18.9 Å². The molecule has 0 radical (unpaired) electrons. The maximum atomic E-state index is 13.4. The van der Waals surface area contributed by atoms with Gasteiger partial charge in [-0.05, 0) is 56.3 Å². The highest BCUT2D eigenvalue weighted by Gasteiger charge is 2.42. The fourth-order valence-electron chi connectivity index (χ4n) is 4.03. The number of carbonyl (C=O) groups excluding carboxylic acids is 2. The second-order valence-corrected chi connectivity index (χ2v) is 9.56. The first kappa shape index (κ1) is 25.8. The van der Waals surface area contributed by atoms with Gasteiger partial charge < -0.3 is 0 Å². The van der Waals surface area contributed by atoms with E-state index in [1.165, 1.54) is 44.2 Å². The lowest BCUT2D eigenvalue weighted by Gasteiger charge is -2.33. The summed E-state index contributed by atoms with van der Waals surface area (Å²) in [5.41, 5.74) is -1.60. The maximum absolute atomic E-state index is 13.4. The molecule has 2 heterocycles. The smallest absolute Gasteiger partial charge is 0.293 e. The summed E-state index contributed by atoms with van der Waals surface area (Å²) in [7, 11) is -4.94. The second kappa shape index (κ2) is 8.99. The molecule has 0 spiro atoms. The van der Waals surface area contributed by atoms with Crippen LogP contribution in [0.3, 0.4) is 0 Å². The van der Waals surface area contributed by atoms with Crippen molar-refractivity contribution in [2.24, 2.45) is 5.92 Å². The van der Waals surface area contributed by atoms with Gasteiger partial charge in [0.15, 0.2) is 5.78 Å². The van der Waals surface area contributed by atoms with Gasteiger partial charge >= 0.3 is 6.18 Å². The van der Waals surface area contributed by atoms with Gasteiger partial charge in [-0.25, -0.2) is 4.68 Å². The Bertz CT molecular complexity index is 1620. The quantitative estimate of drug-likeness (QED) is 0.398. The summed E-state index contributed by atoms with van der Waals surface area (Å²) < 4.78 is 75.4. The molecule has 13 heteroatoms. The average molecular weight is 530 g/mol. The van der Waals surface area contributed by atoms with Gasteiger partial charge in [0.1, 0.15) is 10.6 Å². The molecule has 0 saturated carbocycles. The van der Waals surface area contributed by atoms with Crippen molar-refractivity contribution < 1.29 is 35.7 Å². The Labute approximate surface area is 208 Å². The van der Waals surface area contributed by atoms with E-state index in [1.807, 2.05) is 6.07 Å². The normalized spacial score (nSPS) is 16.8. The molecule has 3 aromatic rings. The lowest BCUT2D eigenvalue weighted by molar-refractivity contribution is -0.137. The molecule has 0 fully saturated rings. The van der Waals surface area contributed by atoms with Gasteiger partial charge in [-0.2, -0.15) is 31.9 Å². The van der Waals surface area contributed by atoms with Crippen molar-refractivity contribution in [3.63, 3.8) is 0 Å². The van der Waals surface area contributed by atoms with Crippen molar-refractivity contribution >= 4 is 33.1 Å². The summed E-state index contributed by atoms with van der Waals surface area (Å²) in [5.74, 6) is -3.03. The van der Waals surface area contributed by atoms with Crippen molar-refractivity contribution in [2.75, 3.05) is 4.90 Å². The van der Waals surface area contributed by atoms with Crippen LogP contribution in [0.25, 0.3) is 11.3 Å². The zero-order chi connectivity index (χ0) is 27.3. The third kappa shape index (κ3) is 4.52. The number of carbonyl (C=O) groups is 2. The number of ketones is 1. The standard InChI is InChI=1S/C24H17F3N4O5S/c1-13-22(32)20(14(2)30(23(13)33)18-5-3-4-16(10-18)24(25,26)27)21-19(37(34,35)36)12-29-31(21)17-8-6-15(11-28)7-9-17/h3-10,12-13H,1-2H3,(H,34,35,36). The number of allylic oxidation sites excluding steroid dienone is 2. The molecule has 2 aromatic carbocycles. The fourth-order valence-corrected chi connectivity index (χ4v) is 4.65. The van der Waals surface area contributed by atoms with Crippen LogP contribution in [-0.2, 0) is 25.9 Å². The van der Waals surface area contributed by atoms with Crippen LogP contribution in [0.2, 0.25) is 0 Å². The molecule has 1 atom stereocenters. The zero-order valence-electron chi connectivity index (χ0n) is 19.2. The van der Waals surface area contributed by atoms with E-state index in [2.05, 4.69) is 5.10 Å². The van der Waals surface area contributed by atoms with Gasteiger partial charge in [-0.1, -0.05) is 6.07 Å². The van der Waals surface area contributed by atoms with E-state index in [1.54, 1.807) is 0 Å². The van der Waals surface area contributed by atoms with Gasteiger partial charge in [0.25, 0.3) is 10.1 Å². The molecule has 0 saturated heterocycles. The van der Waals surface area contributed by atoms with Crippen LogP contribution in [0.1, 0.15) is 30.7 Å². The summed E-state index contributed by atoms with van der Waals surface area (Å²) in [4.78, 5) is 26.6. The Kier molecular flexibility index (Phi) is 6.27. The number of alkyl halides is 3. The molecule has 4 rings (SSSR count). The summed E-state index contributed by atoms with van der Waals surface area (Å²) >= 11 is 0. The fraction of sp³-hybridized carbons (Fsp3) is 0.167. The number of Topliss-reactive ketones (excluding diaryl/α,β-unsaturated/α-hetero) is 1. The Morgan fingerprint density at radius 1 is 1.08 bits per heavy atom. The zero-order valence-corrected chi connectivity index (χ0v) is 20.0. The highest BCUT2D eigenvalue weighted by atomic mass is 32.2. The number of anilines is 1. The number of nitrogens with zero attached hydrogens (tertiary/aromatic N) is 4. The predicted octanol–water partition coefficient (Wildman–Crippen LogP) is 3.99. The van der Waals surface area contributed by atoms with Gasteiger partial charge in [-0.3, -0.25) is 19.0 Å². The van der Waals surface area contributed by atoms with Crippen molar-refractivity contribution in [1.29, 1.82) is 5.26 Å². The molecule has 190 valence electrons. The van der Waals surface area contributed by atoms with E-state index in [4.69, 9.17) is 5.26 Å². The van der Waals surface area contributed by atoms with Gasteiger partial charge in [-0.15, -0.1) is 0 Å². The Hall–Kier alpha value is -4.28. The number of amides is 1. The van der Waals surface area contributed by atoms with Gasteiger partial charge in [0, 0.05) is 11.4 Å². The summed E-state index contributed by atoms with van der Waals surface area (Å²) in [6.45, 7) is 2.52. The van der Waals surface area contributed by atoms with E-state index in [0.29, 0.717) is 0 Å². The second-order valence-electron chi connectivity index (χ2n) is 8.17. The Morgan fingerprint density at radius 2 is 1.73 bits per heavy atom. The summed E-state index contributed by atoms with van der Waals surface area (Å²) in [6.07, 6.45) is -3.89. The van der Waals surface area contributed by atoms with E-state index >= 15 is 0 Å².